The predicted octanol–water partition coefficient (Wildman–Crippen LogP) is 3.77. The lowest BCUT2D eigenvalue weighted by Crippen LogP contribution is -2.64. The minimum atomic E-state index is -0.845. The Bertz CT molecular complexity index is 868. The first kappa shape index (κ1) is 21.1. The number of benzene rings is 1. The average Bonchev–Trinajstić information content (AvgIpc) is 3.08. The fourth-order valence-corrected chi connectivity index (χ4v) is 7.90. The van der Waals surface area contributed by atoms with Gasteiger partial charge in [-0.05, 0) is 79.7 Å². The SMILES string of the molecule is C[C@]12CC[C@H](OC(=O)c3ccccc3)CC1C(O)C(O)C1C2CC[C@]2(C)C(=O)CCC12. The van der Waals surface area contributed by atoms with Crippen LogP contribution < -0.4 is 0 Å². The molecule has 4 saturated carbocycles. The standard InChI is InChI=1S/C26H34O5/c1-25-12-10-16(31-24(30)15-6-4-3-5-7-15)14-19(25)22(28)23(29)21-17-8-9-20(27)26(17,2)13-11-18(21)25/h3-7,16-19,21-23,28-29H,8-14H2,1-2H3/t16-,17?,18?,19?,21?,22?,23?,25+,26-/m0/s1. The molecule has 5 heteroatoms. The number of aliphatic hydroxyl groups is 2. The molecule has 1 aromatic rings. The van der Waals surface area contributed by atoms with Gasteiger partial charge in [-0.3, -0.25) is 4.79 Å². The lowest BCUT2D eigenvalue weighted by molar-refractivity contribution is -0.219. The van der Waals surface area contributed by atoms with Crippen molar-refractivity contribution in [1.82, 2.24) is 0 Å². The number of carbonyl (C=O) groups is 2. The van der Waals surface area contributed by atoms with E-state index in [4.69, 9.17) is 4.74 Å². The smallest absolute Gasteiger partial charge is 0.338 e. The van der Waals surface area contributed by atoms with Gasteiger partial charge in [0.2, 0.25) is 0 Å². The van der Waals surface area contributed by atoms with Crippen LogP contribution in [-0.4, -0.2) is 40.3 Å². The van der Waals surface area contributed by atoms with Crippen LogP contribution in [-0.2, 0) is 9.53 Å². The summed E-state index contributed by atoms with van der Waals surface area (Å²) in [6.07, 6.45) is 3.56. The Morgan fingerprint density at radius 1 is 0.968 bits per heavy atom. The zero-order chi connectivity index (χ0) is 22.0. The summed E-state index contributed by atoms with van der Waals surface area (Å²) in [7, 11) is 0. The quantitative estimate of drug-likeness (QED) is 0.704. The monoisotopic (exact) mass is 426 g/mol. The average molecular weight is 427 g/mol. The van der Waals surface area contributed by atoms with Gasteiger partial charge in [-0.25, -0.2) is 4.79 Å². The van der Waals surface area contributed by atoms with Gasteiger partial charge in [0.25, 0.3) is 0 Å². The molecule has 1 aromatic carbocycles. The van der Waals surface area contributed by atoms with Crippen molar-refractivity contribution in [3.8, 4) is 0 Å². The molecule has 2 N–H and O–H groups in total. The van der Waals surface area contributed by atoms with E-state index in [-0.39, 0.29) is 40.7 Å². The van der Waals surface area contributed by atoms with Crippen LogP contribution in [0.1, 0.15) is 69.2 Å². The summed E-state index contributed by atoms with van der Waals surface area (Å²) in [6, 6.07) is 9.01. The van der Waals surface area contributed by atoms with Gasteiger partial charge in [-0.2, -0.15) is 0 Å². The molecule has 0 amide bonds. The summed E-state index contributed by atoms with van der Waals surface area (Å²) in [5.41, 5.74) is 0.0944. The summed E-state index contributed by atoms with van der Waals surface area (Å²) in [6.45, 7) is 4.34. The maximum Gasteiger partial charge on any atom is 0.338 e. The molecule has 31 heavy (non-hydrogen) atoms. The molecule has 4 aliphatic carbocycles. The number of carbonyl (C=O) groups excluding carboxylic acids is 2. The summed E-state index contributed by atoms with van der Waals surface area (Å²) in [4.78, 5) is 25.2. The van der Waals surface area contributed by atoms with E-state index < -0.39 is 12.2 Å². The number of esters is 1. The van der Waals surface area contributed by atoms with Gasteiger partial charge in [0.15, 0.2) is 0 Å². The van der Waals surface area contributed by atoms with Crippen molar-refractivity contribution in [2.45, 2.75) is 77.1 Å². The number of Topliss-reactive ketones (excluding diaryl/α,β-unsaturated/α-hetero) is 1. The maximum absolute atomic E-state index is 12.6. The zero-order valence-electron chi connectivity index (χ0n) is 18.5. The van der Waals surface area contributed by atoms with Crippen LogP contribution >= 0.6 is 0 Å². The molecule has 0 aromatic heterocycles. The number of hydrogen-bond acceptors (Lipinski definition) is 5. The summed E-state index contributed by atoms with van der Waals surface area (Å²) < 4.78 is 5.81. The largest absolute Gasteiger partial charge is 0.459 e. The summed E-state index contributed by atoms with van der Waals surface area (Å²) in [5.74, 6) is 0.343. The molecule has 0 aliphatic heterocycles. The van der Waals surface area contributed by atoms with Crippen LogP contribution in [0.3, 0.4) is 0 Å². The molecule has 168 valence electrons. The number of ether oxygens (including phenoxy) is 1. The van der Waals surface area contributed by atoms with Crippen molar-refractivity contribution in [2.75, 3.05) is 0 Å². The fourth-order valence-electron chi connectivity index (χ4n) is 7.90. The van der Waals surface area contributed by atoms with Crippen LogP contribution in [0.5, 0.6) is 0 Å². The molecular formula is C26H34O5. The number of fused-ring (bicyclic) bond motifs is 5. The first-order valence-electron chi connectivity index (χ1n) is 11.9. The molecule has 4 aliphatic rings. The third-order valence-electron chi connectivity index (χ3n) is 9.70. The van der Waals surface area contributed by atoms with E-state index in [0.29, 0.717) is 30.1 Å². The van der Waals surface area contributed by atoms with E-state index in [0.717, 1.165) is 32.1 Å². The highest BCUT2D eigenvalue weighted by Gasteiger charge is 2.65. The van der Waals surface area contributed by atoms with Gasteiger partial charge in [0, 0.05) is 11.8 Å². The highest BCUT2D eigenvalue weighted by Crippen LogP contribution is 2.65. The Morgan fingerprint density at radius 2 is 1.71 bits per heavy atom. The van der Waals surface area contributed by atoms with Gasteiger partial charge in [0.1, 0.15) is 11.9 Å². The second-order valence-electron chi connectivity index (χ2n) is 11.0. The Hall–Kier alpha value is -1.72. The van der Waals surface area contributed by atoms with E-state index in [9.17, 15) is 19.8 Å². The minimum absolute atomic E-state index is 0.0233. The van der Waals surface area contributed by atoms with E-state index >= 15 is 0 Å². The molecule has 9 atom stereocenters. The van der Waals surface area contributed by atoms with Crippen LogP contribution in [0.15, 0.2) is 30.3 Å². The number of rotatable bonds is 2. The van der Waals surface area contributed by atoms with E-state index in [1.165, 1.54) is 0 Å². The molecular weight excluding hydrogens is 392 g/mol. The van der Waals surface area contributed by atoms with Gasteiger partial charge in [-0.1, -0.05) is 32.0 Å². The summed E-state index contributed by atoms with van der Waals surface area (Å²) >= 11 is 0. The fraction of sp³-hybridized carbons (Fsp3) is 0.692. The molecule has 0 spiro atoms. The van der Waals surface area contributed by atoms with Crippen molar-refractivity contribution >= 4 is 11.8 Å². The highest BCUT2D eigenvalue weighted by molar-refractivity contribution is 5.89. The predicted molar refractivity (Wildman–Crippen MR) is 115 cm³/mol. The topological polar surface area (TPSA) is 83.8 Å². The van der Waals surface area contributed by atoms with E-state index in [1.54, 1.807) is 12.1 Å². The molecule has 0 radical (unpaired) electrons. The zero-order valence-corrected chi connectivity index (χ0v) is 18.5. The van der Waals surface area contributed by atoms with Crippen molar-refractivity contribution < 1.29 is 24.5 Å². The third kappa shape index (κ3) is 3.11. The first-order chi connectivity index (χ1) is 14.8. The molecule has 5 rings (SSSR count). The van der Waals surface area contributed by atoms with Gasteiger partial charge < -0.3 is 14.9 Å². The maximum atomic E-state index is 12.6. The van der Waals surface area contributed by atoms with Crippen molar-refractivity contribution in [3.63, 3.8) is 0 Å². The van der Waals surface area contributed by atoms with Gasteiger partial charge in [-0.15, -0.1) is 0 Å². The van der Waals surface area contributed by atoms with Crippen LogP contribution in [0.2, 0.25) is 0 Å². The minimum Gasteiger partial charge on any atom is -0.459 e. The lowest BCUT2D eigenvalue weighted by Gasteiger charge is -2.62. The Balaban J connectivity index is 1.36. The number of hydrogen-bond donors (Lipinski definition) is 2. The molecule has 0 bridgehead atoms. The lowest BCUT2D eigenvalue weighted by atomic mass is 9.44. The molecule has 5 nitrogen and oxygen atoms in total. The normalized spacial score (nSPS) is 46.6. The van der Waals surface area contributed by atoms with Crippen molar-refractivity contribution in [2.24, 2.45) is 34.5 Å². The van der Waals surface area contributed by atoms with Crippen LogP contribution in [0.4, 0.5) is 0 Å². The van der Waals surface area contributed by atoms with Gasteiger partial charge >= 0.3 is 5.97 Å². The molecule has 4 fully saturated rings. The van der Waals surface area contributed by atoms with E-state index in [1.807, 2.05) is 18.2 Å². The third-order valence-corrected chi connectivity index (χ3v) is 9.70. The summed E-state index contributed by atoms with van der Waals surface area (Å²) in [5, 5.41) is 22.5. The number of aliphatic hydroxyl groups excluding tert-OH is 2. The molecule has 6 unspecified atom stereocenters. The Kier molecular flexibility index (Phi) is 5.06. The van der Waals surface area contributed by atoms with Gasteiger partial charge in [0.05, 0.1) is 17.8 Å². The van der Waals surface area contributed by atoms with Crippen molar-refractivity contribution in [3.05, 3.63) is 35.9 Å². The Morgan fingerprint density at radius 3 is 2.45 bits per heavy atom. The van der Waals surface area contributed by atoms with E-state index in [2.05, 4.69) is 13.8 Å². The highest BCUT2D eigenvalue weighted by atomic mass is 16.5. The van der Waals surface area contributed by atoms with Crippen molar-refractivity contribution in [1.29, 1.82) is 0 Å². The second-order valence-corrected chi connectivity index (χ2v) is 11.0. The Labute approximate surface area is 184 Å². The first-order valence-corrected chi connectivity index (χ1v) is 11.9. The van der Waals surface area contributed by atoms with Crippen LogP contribution in [0, 0.1) is 34.5 Å². The number of ketones is 1. The second kappa shape index (κ2) is 7.41. The molecule has 0 saturated heterocycles. The molecule has 0 heterocycles. The van der Waals surface area contributed by atoms with Crippen LogP contribution in [0.25, 0.3) is 0 Å².